The molecule has 18 heavy (non-hydrogen) atoms. The molecule has 0 aliphatic rings. The van der Waals surface area contributed by atoms with E-state index < -0.39 is 10.0 Å². The molecule has 2 aromatic rings. The molecule has 96 valence electrons. The van der Waals surface area contributed by atoms with Crippen LogP contribution in [0.3, 0.4) is 0 Å². The van der Waals surface area contributed by atoms with Gasteiger partial charge in [-0.3, -0.25) is 0 Å². The Morgan fingerprint density at radius 2 is 2.11 bits per heavy atom. The minimum absolute atomic E-state index is 0.248. The van der Waals surface area contributed by atoms with Crippen molar-refractivity contribution in [1.29, 1.82) is 0 Å². The van der Waals surface area contributed by atoms with E-state index in [1.54, 1.807) is 19.2 Å². The number of nitrogens with one attached hydrogen (secondary N) is 1. The number of aryl methyl sites for hydroxylation is 1. The van der Waals surface area contributed by atoms with Gasteiger partial charge in [0, 0.05) is 5.56 Å². The topological polar surface area (TPSA) is 111 Å². The van der Waals surface area contributed by atoms with Crippen LogP contribution in [0, 0.1) is 6.92 Å². The van der Waals surface area contributed by atoms with Crippen LogP contribution in [0.25, 0.3) is 11.4 Å². The van der Waals surface area contributed by atoms with Gasteiger partial charge in [0.25, 0.3) is 15.2 Å². The van der Waals surface area contributed by atoms with Crippen molar-refractivity contribution in [1.82, 2.24) is 15.2 Å². The Labute approximate surface area is 104 Å². The maximum atomic E-state index is 11.1. The summed E-state index contributed by atoms with van der Waals surface area (Å²) < 4.78 is 27.3. The molecular formula is C10H12N4O3S. The lowest BCUT2D eigenvalue weighted by molar-refractivity contribution is 0.412. The second-order valence-electron chi connectivity index (χ2n) is 3.69. The second kappa shape index (κ2) is 4.39. The summed E-state index contributed by atoms with van der Waals surface area (Å²) in [7, 11) is -2.32. The zero-order chi connectivity index (χ0) is 13.3. The standard InChI is InChI=1S/C10H12N4O3S/c1-6-3-4-7(5-8(6)17-2)9-12-10(14-13-9)18(11,15)16/h3-5H,1-2H3,(H2,11,15,16)(H,12,13,14). The van der Waals surface area contributed by atoms with Crippen molar-refractivity contribution >= 4 is 10.0 Å². The van der Waals surface area contributed by atoms with Crippen molar-refractivity contribution in [2.75, 3.05) is 7.11 Å². The third kappa shape index (κ3) is 2.34. The highest BCUT2D eigenvalue weighted by Crippen LogP contribution is 2.24. The molecule has 7 nitrogen and oxygen atoms in total. The van der Waals surface area contributed by atoms with Gasteiger partial charge in [0.1, 0.15) is 5.75 Å². The number of nitrogens with two attached hydrogens (primary N) is 1. The molecule has 2 rings (SSSR count). The average molecular weight is 268 g/mol. The molecule has 0 saturated heterocycles. The number of methoxy groups -OCH3 is 1. The number of aromatic amines is 1. The van der Waals surface area contributed by atoms with Gasteiger partial charge >= 0.3 is 0 Å². The second-order valence-corrected chi connectivity index (χ2v) is 5.17. The van der Waals surface area contributed by atoms with Crippen molar-refractivity contribution in [2.24, 2.45) is 5.14 Å². The molecule has 0 spiro atoms. The first kappa shape index (κ1) is 12.5. The van der Waals surface area contributed by atoms with Gasteiger partial charge in [-0.2, -0.15) is 10.1 Å². The molecule has 0 fully saturated rings. The first-order valence-electron chi connectivity index (χ1n) is 5.02. The number of H-pyrrole nitrogens is 1. The first-order chi connectivity index (χ1) is 8.41. The first-order valence-corrected chi connectivity index (χ1v) is 6.56. The summed E-state index contributed by atoms with van der Waals surface area (Å²) >= 11 is 0. The van der Waals surface area contributed by atoms with Gasteiger partial charge in [-0.25, -0.2) is 18.7 Å². The third-order valence-electron chi connectivity index (χ3n) is 2.40. The zero-order valence-corrected chi connectivity index (χ0v) is 10.7. The minimum atomic E-state index is -3.87. The van der Waals surface area contributed by atoms with E-state index in [1.165, 1.54) is 0 Å². The number of nitrogens with zero attached hydrogens (tertiary/aromatic N) is 2. The van der Waals surface area contributed by atoms with Gasteiger partial charge in [0.05, 0.1) is 7.11 Å². The van der Waals surface area contributed by atoms with Crippen LogP contribution >= 0.6 is 0 Å². The van der Waals surface area contributed by atoms with Crippen molar-refractivity contribution in [3.8, 4) is 17.1 Å². The molecule has 0 bridgehead atoms. The van der Waals surface area contributed by atoms with Crippen LogP contribution in [0.15, 0.2) is 23.4 Å². The summed E-state index contributed by atoms with van der Waals surface area (Å²) in [5, 5.41) is 10.7. The summed E-state index contributed by atoms with van der Waals surface area (Å²) in [4.78, 5) is 3.82. The van der Waals surface area contributed by atoms with Gasteiger partial charge in [-0.15, -0.1) is 0 Å². The normalized spacial score (nSPS) is 11.5. The molecule has 0 aliphatic carbocycles. The molecule has 0 saturated carbocycles. The van der Waals surface area contributed by atoms with Crippen LogP contribution in [0.4, 0.5) is 0 Å². The van der Waals surface area contributed by atoms with E-state index in [9.17, 15) is 8.42 Å². The lowest BCUT2D eigenvalue weighted by atomic mass is 10.1. The number of hydrogen-bond acceptors (Lipinski definition) is 5. The molecule has 0 unspecified atom stereocenters. The molecular weight excluding hydrogens is 256 g/mol. The number of ether oxygens (including phenoxy) is 1. The number of aromatic nitrogens is 3. The van der Waals surface area contributed by atoms with Crippen LogP contribution in [0.1, 0.15) is 5.56 Å². The number of rotatable bonds is 3. The van der Waals surface area contributed by atoms with Gasteiger partial charge < -0.3 is 4.74 Å². The molecule has 0 radical (unpaired) electrons. The van der Waals surface area contributed by atoms with E-state index in [0.29, 0.717) is 11.3 Å². The fourth-order valence-electron chi connectivity index (χ4n) is 1.46. The fourth-order valence-corrected chi connectivity index (χ4v) is 1.85. The van der Waals surface area contributed by atoms with E-state index in [2.05, 4.69) is 15.2 Å². The maximum absolute atomic E-state index is 11.1. The Kier molecular flexibility index (Phi) is 3.05. The fraction of sp³-hybridized carbons (Fsp3) is 0.200. The quantitative estimate of drug-likeness (QED) is 0.838. The Hall–Kier alpha value is -1.93. The van der Waals surface area contributed by atoms with E-state index >= 15 is 0 Å². The van der Waals surface area contributed by atoms with Gasteiger partial charge in [0.15, 0.2) is 5.82 Å². The van der Waals surface area contributed by atoms with Crippen LogP contribution in [-0.2, 0) is 10.0 Å². The predicted molar refractivity (Wildman–Crippen MR) is 64.5 cm³/mol. The smallest absolute Gasteiger partial charge is 0.273 e. The van der Waals surface area contributed by atoms with Crippen molar-refractivity contribution < 1.29 is 13.2 Å². The third-order valence-corrected chi connectivity index (χ3v) is 3.12. The molecule has 0 amide bonds. The SMILES string of the molecule is COc1cc(-c2n[nH]c(S(N)(=O)=O)n2)ccc1C. The Morgan fingerprint density at radius 3 is 2.67 bits per heavy atom. The van der Waals surface area contributed by atoms with Crippen LogP contribution in [0.2, 0.25) is 0 Å². The van der Waals surface area contributed by atoms with Crippen LogP contribution < -0.4 is 9.88 Å². The monoisotopic (exact) mass is 268 g/mol. The van der Waals surface area contributed by atoms with Gasteiger partial charge in [-0.05, 0) is 18.6 Å². The van der Waals surface area contributed by atoms with Crippen molar-refractivity contribution in [3.63, 3.8) is 0 Å². The highest BCUT2D eigenvalue weighted by Gasteiger charge is 2.15. The van der Waals surface area contributed by atoms with Gasteiger partial charge in [-0.1, -0.05) is 12.1 Å². The van der Waals surface area contributed by atoms with E-state index in [1.807, 2.05) is 13.0 Å². The number of benzene rings is 1. The van der Waals surface area contributed by atoms with E-state index in [4.69, 9.17) is 9.88 Å². The molecule has 0 aliphatic heterocycles. The van der Waals surface area contributed by atoms with Crippen molar-refractivity contribution in [3.05, 3.63) is 23.8 Å². The lowest BCUT2D eigenvalue weighted by Gasteiger charge is -2.05. The Balaban J connectivity index is 2.46. The molecule has 3 N–H and O–H groups in total. The van der Waals surface area contributed by atoms with E-state index in [-0.39, 0.29) is 11.0 Å². The molecule has 8 heteroatoms. The Bertz CT molecular complexity index is 678. The highest BCUT2D eigenvalue weighted by molar-refractivity contribution is 7.89. The molecule has 1 aromatic carbocycles. The summed E-state index contributed by atoms with van der Waals surface area (Å²) in [6, 6.07) is 5.33. The predicted octanol–water partition coefficient (Wildman–Crippen LogP) is 0.436. The summed E-state index contributed by atoms with van der Waals surface area (Å²) in [5.41, 5.74) is 1.60. The summed E-state index contributed by atoms with van der Waals surface area (Å²) in [6.45, 7) is 1.90. The Morgan fingerprint density at radius 1 is 1.39 bits per heavy atom. The van der Waals surface area contributed by atoms with Crippen LogP contribution in [0.5, 0.6) is 5.75 Å². The average Bonchev–Trinajstić information content (AvgIpc) is 2.78. The molecule has 1 aromatic heterocycles. The number of primary sulfonamides is 1. The summed E-state index contributed by atoms with van der Waals surface area (Å²) in [6.07, 6.45) is 0. The highest BCUT2D eigenvalue weighted by atomic mass is 32.2. The minimum Gasteiger partial charge on any atom is -0.496 e. The van der Waals surface area contributed by atoms with E-state index in [0.717, 1.165) is 5.56 Å². The summed E-state index contributed by atoms with van der Waals surface area (Å²) in [5.74, 6) is 0.923. The maximum Gasteiger partial charge on any atom is 0.273 e. The zero-order valence-electron chi connectivity index (χ0n) is 9.84. The number of hydrogen-bond donors (Lipinski definition) is 2. The largest absolute Gasteiger partial charge is 0.496 e. The number of sulfonamides is 1. The van der Waals surface area contributed by atoms with Gasteiger partial charge in [0.2, 0.25) is 0 Å². The van der Waals surface area contributed by atoms with Crippen molar-refractivity contribution in [2.45, 2.75) is 12.1 Å². The molecule has 0 atom stereocenters. The van der Waals surface area contributed by atoms with Crippen LogP contribution in [-0.4, -0.2) is 30.7 Å². The lowest BCUT2D eigenvalue weighted by Crippen LogP contribution is -2.13. The molecule has 1 heterocycles.